The molecule has 98 valence electrons. The first-order valence-corrected chi connectivity index (χ1v) is 6.23. The Labute approximate surface area is 117 Å². The highest BCUT2D eigenvalue weighted by atomic mass is 35.5. The average Bonchev–Trinajstić information content (AvgIpc) is 2.34. The maximum absolute atomic E-state index is 14.0. The third-order valence-electron chi connectivity index (χ3n) is 3.10. The number of halogens is 2. The van der Waals surface area contributed by atoms with E-state index in [0.29, 0.717) is 16.1 Å². The van der Waals surface area contributed by atoms with Crippen molar-refractivity contribution in [2.24, 2.45) is 0 Å². The maximum Gasteiger partial charge on any atom is 0.131 e. The standard InChI is InChI=1S/C16H14ClFO/c1-9-6-10(2)15(17)8-13(9)14-7-12(11(3)19)4-5-16(14)18/h4-8,19H,3H2,1-2H3. The predicted molar refractivity (Wildman–Crippen MR) is 78.0 cm³/mol. The Kier molecular flexibility index (Phi) is 3.63. The number of hydrogen-bond donors (Lipinski definition) is 1. The van der Waals surface area contributed by atoms with Crippen LogP contribution < -0.4 is 0 Å². The Balaban J connectivity index is 2.67. The lowest BCUT2D eigenvalue weighted by Crippen LogP contribution is -1.92. The van der Waals surface area contributed by atoms with E-state index in [0.717, 1.165) is 16.7 Å². The SMILES string of the molecule is C=C(O)c1ccc(F)c(-c2cc(Cl)c(C)cc2C)c1. The van der Waals surface area contributed by atoms with E-state index in [2.05, 4.69) is 6.58 Å². The van der Waals surface area contributed by atoms with Crippen molar-refractivity contribution < 1.29 is 9.50 Å². The highest BCUT2D eigenvalue weighted by molar-refractivity contribution is 6.31. The van der Waals surface area contributed by atoms with Crippen molar-refractivity contribution in [1.29, 1.82) is 0 Å². The maximum atomic E-state index is 14.0. The van der Waals surface area contributed by atoms with Crippen molar-refractivity contribution in [2.75, 3.05) is 0 Å². The molecule has 0 aliphatic carbocycles. The van der Waals surface area contributed by atoms with E-state index in [-0.39, 0.29) is 11.6 Å². The molecule has 0 saturated carbocycles. The first-order chi connectivity index (χ1) is 8.90. The quantitative estimate of drug-likeness (QED) is 0.739. The van der Waals surface area contributed by atoms with Crippen LogP contribution in [0.1, 0.15) is 16.7 Å². The molecule has 19 heavy (non-hydrogen) atoms. The van der Waals surface area contributed by atoms with Crippen molar-refractivity contribution in [3.8, 4) is 11.1 Å². The van der Waals surface area contributed by atoms with Gasteiger partial charge in [0.05, 0.1) is 0 Å². The fourth-order valence-electron chi connectivity index (χ4n) is 2.03. The zero-order valence-electron chi connectivity index (χ0n) is 10.8. The van der Waals surface area contributed by atoms with Gasteiger partial charge in [-0.2, -0.15) is 0 Å². The Morgan fingerprint density at radius 2 is 1.79 bits per heavy atom. The van der Waals surface area contributed by atoms with Crippen molar-refractivity contribution in [3.05, 3.63) is 64.4 Å². The molecule has 0 spiro atoms. The average molecular weight is 277 g/mol. The Bertz CT molecular complexity index is 662. The first-order valence-electron chi connectivity index (χ1n) is 5.85. The molecule has 1 N–H and O–H groups in total. The summed E-state index contributed by atoms with van der Waals surface area (Å²) in [6.45, 7) is 7.26. The molecule has 0 saturated heterocycles. The highest BCUT2D eigenvalue weighted by Gasteiger charge is 2.11. The van der Waals surface area contributed by atoms with Crippen molar-refractivity contribution in [1.82, 2.24) is 0 Å². The van der Waals surface area contributed by atoms with Gasteiger partial charge in [-0.15, -0.1) is 0 Å². The Morgan fingerprint density at radius 3 is 2.42 bits per heavy atom. The molecule has 0 fully saturated rings. The topological polar surface area (TPSA) is 20.2 Å². The van der Waals surface area contributed by atoms with Gasteiger partial charge in [-0.05, 0) is 54.8 Å². The van der Waals surface area contributed by atoms with Gasteiger partial charge in [0.25, 0.3) is 0 Å². The van der Waals surface area contributed by atoms with Crippen LogP contribution in [0.3, 0.4) is 0 Å². The summed E-state index contributed by atoms with van der Waals surface area (Å²) in [5.41, 5.74) is 3.50. The number of aliphatic hydroxyl groups excluding tert-OH is 1. The normalized spacial score (nSPS) is 10.5. The molecule has 0 atom stereocenters. The fourth-order valence-corrected chi connectivity index (χ4v) is 2.19. The summed E-state index contributed by atoms with van der Waals surface area (Å²) in [5, 5.41) is 10.0. The van der Waals surface area contributed by atoms with Crippen LogP contribution in [0.2, 0.25) is 5.02 Å². The Morgan fingerprint density at radius 1 is 1.11 bits per heavy atom. The molecule has 0 aliphatic rings. The lowest BCUT2D eigenvalue weighted by molar-refractivity contribution is 0.513. The largest absolute Gasteiger partial charge is 0.508 e. The minimum absolute atomic E-state index is 0.0860. The second-order valence-electron chi connectivity index (χ2n) is 4.56. The highest BCUT2D eigenvalue weighted by Crippen LogP contribution is 2.32. The zero-order chi connectivity index (χ0) is 14.2. The minimum Gasteiger partial charge on any atom is -0.508 e. The molecule has 0 aromatic heterocycles. The number of benzene rings is 2. The summed E-state index contributed by atoms with van der Waals surface area (Å²) in [4.78, 5) is 0. The van der Waals surface area contributed by atoms with Gasteiger partial charge in [-0.25, -0.2) is 4.39 Å². The molecule has 0 radical (unpaired) electrons. The summed E-state index contributed by atoms with van der Waals surface area (Å²) in [7, 11) is 0. The molecular formula is C16H14ClFO. The lowest BCUT2D eigenvalue weighted by Gasteiger charge is -2.11. The fraction of sp³-hybridized carbons (Fsp3) is 0.125. The molecule has 0 bridgehead atoms. The second-order valence-corrected chi connectivity index (χ2v) is 4.96. The zero-order valence-corrected chi connectivity index (χ0v) is 11.6. The van der Waals surface area contributed by atoms with Gasteiger partial charge in [0.2, 0.25) is 0 Å². The van der Waals surface area contributed by atoms with Crippen LogP contribution >= 0.6 is 11.6 Å². The van der Waals surface area contributed by atoms with Gasteiger partial charge in [0, 0.05) is 16.1 Å². The van der Waals surface area contributed by atoms with Crippen LogP contribution in [0.15, 0.2) is 36.9 Å². The molecular weight excluding hydrogens is 263 g/mol. The number of hydrogen-bond acceptors (Lipinski definition) is 1. The van der Waals surface area contributed by atoms with E-state index < -0.39 is 0 Å². The summed E-state index contributed by atoms with van der Waals surface area (Å²) in [6.07, 6.45) is 0. The minimum atomic E-state index is -0.354. The third-order valence-corrected chi connectivity index (χ3v) is 3.50. The first kappa shape index (κ1) is 13.6. The van der Waals surface area contributed by atoms with Gasteiger partial charge in [0.15, 0.2) is 0 Å². The van der Waals surface area contributed by atoms with E-state index >= 15 is 0 Å². The van der Waals surface area contributed by atoms with Gasteiger partial charge in [-0.3, -0.25) is 0 Å². The predicted octanol–water partition coefficient (Wildman–Crippen LogP) is 5.29. The molecule has 2 rings (SSSR count). The second kappa shape index (κ2) is 5.06. The molecule has 0 heterocycles. The molecule has 1 nitrogen and oxygen atoms in total. The van der Waals surface area contributed by atoms with Crippen LogP contribution in [0.4, 0.5) is 4.39 Å². The van der Waals surface area contributed by atoms with Crippen LogP contribution in [0, 0.1) is 19.7 Å². The van der Waals surface area contributed by atoms with Crippen LogP contribution in [0.25, 0.3) is 16.9 Å². The molecule has 2 aromatic rings. The molecule has 0 unspecified atom stereocenters. The number of aryl methyl sites for hydroxylation is 2. The lowest BCUT2D eigenvalue weighted by atomic mass is 9.96. The van der Waals surface area contributed by atoms with Crippen molar-refractivity contribution in [2.45, 2.75) is 13.8 Å². The third kappa shape index (κ3) is 2.64. The number of aliphatic hydroxyl groups is 1. The van der Waals surface area contributed by atoms with Crippen LogP contribution in [-0.2, 0) is 0 Å². The van der Waals surface area contributed by atoms with Crippen LogP contribution in [-0.4, -0.2) is 5.11 Å². The number of rotatable bonds is 2. The van der Waals surface area contributed by atoms with Crippen molar-refractivity contribution >= 4 is 17.4 Å². The van der Waals surface area contributed by atoms with E-state index in [4.69, 9.17) is 11.6 Å². The van der Waals surface area contributed by atoms with Crippen LogP contribution in [0.5, 0.6) is 0 Å². The van der Waals surface area contributed by atoms with E-state index in [1.807, 2.05) is 19.9 Å². The monoisotopic (exact) mass is 276 g/mol. The molecule has 3 heteroatoms. The van der Waals surface area contributed by atoms with Gasteiger partial charge in [-0.1, -0.05) is 24.2 Å². The van der Waals surface area contributed by atoms with E-state index in [1.165, 1.54) is 12.1 Å². The molecule has 0 aliphatic heterocycles. The van der Waals surface area contributed by atoms with E-state index in [9.17, 15) is 9.50 Å². The smallest absolute Gasteiger partial charge is 0.131 e. The van der Waals surface area contributed by atoms with Gasteiger partial charge in [0.1, 0.15) is 11.6 Å². The summed E-state index contributed by atoms with van der Waals surface area (Å²) >= 11 is 6.10. The van der Waals surface area contributed by atoms with Crippen molar-refractivity contribution in [3.63, 3.8) is 0 Å². The summed E-state index contributed by atoms with van der Waals surface area (Å²) in [6, 6.07) is 8.04. The molecule has 0 amide bonds. The molecule has 2 aromatic carbocycles. The van der Waals surface area contributed by atoms with Gasteiger partial charge < -0.3 is 5.11 Å². The Hall–Kier alpha value is -1.80. The summed E-state index contributed by atoms with van der Waals surface area (Å²) in [5.74, 6) is -0.440. The summed E-state index contributed by atoms with van der Waals surface area (Å²) < 4.78 is 14.0. The van der Waals surface area contributed by atoms with E-state index in [1.54, 1.807) is 12.1 Å². The van der Waals surface area contributed by atoms with Gasteiger partial charge >= 0.3 is 0 Å².